The first-order valence-electron chi connectivity index (χ1n) is 9.95. The van der Waals surface area contributed by atoms with Crippen LogP contribution in [0.5, 0.6) is 0 Å². The van der Waals surface area contributed by atoms with Gasteiger partial charge in [-0.15, -0.1) is 11.3 Å². The molecule has 0 N–H and O–H groups in total. The number of piperidine rings is 1. The first-order valence-corrected chi connectivity index (χ1v) is 10.8. The Bertz CT molecular complexity index is 773. The number of thiophene rings is 1. The topological polar surface area (TPSA) is 38.2 Å². The second kappa shape index (κ2) is 6.51. The summed E-state index contributed by atoms with van der Waals surface area (Å²) in [5.41, 5.74) is 1.56. The van der Waals surface area contributed by atoms with E-state index in [0.29, 0.717) is 6.10 Å². The minimum atomic E-state index is 0.517. The lowest BCUT2D eigenvalue weighted by atomic mass is 9.89. The highest BCUT2D eigenvalue weighted by molar-refractivity contribution is 7.19. The molecule has 3 aliphatic rings. The van der Waals surface area contributed by atoms with Gasteiger partial charge in [-0.3, -0.25) is 0 Å². The fourth-order valence-electron chi connectivity index (χ4n) is 4.93. The van der Waals surface area contributed by atoms with Gasteiger partial charge in [-0.1, -0.05) is 0 Å². The van der Waals surface area contributed by atoms with Crippen molar-refractivity contribution in [3.63, 3.8) is 0 Å². The minimum absolute atomic E-state index is 0.517. The van der Waals surface area contributed by atoms with Gasteiger partial charge in [0.05, 0.1) is 11.5 Å². The van der Waals surface area contributed by atoms with Crippen LogP contribution < -0.4 is 4.90 Å². The summed E-state index contributed by atoms with van der Waals surface area (Å²) in [4.78, 5) is 15.0. The summed E-state index contributed by atoms with van der Waals surface area (Å²) in [6.45, 7) is 5.24. The molecule has 5 heteroatoms. The number of rotatable bonds is 2. The summed E-state index contributed by atoms with van der Waals surface area (Å²) in [6.07, 6.45) is 10.6. The van der Waals surface area contributed by atoms with Crippen molar-refractivity contribution in [3.8, 4) is 0 Å². The van der Waals surface area contributed by atoms with Gasteiger partial charge >= 0.3 is 0 Å². The summed E-state index contributed by atoms with van der Waals surface area (Å²) < 4.78 is 5.94. The molecule has 4 nitrogen and oxygen atoms in total. The Hall–Kier alpha value is -1.20. The zero-order valence-electron chi connectivity index (χ0n) is 15.1. The SMILES string of the molecule is Cc1nc(N2CCC(C3CCCO3)CC2)c2c3c(sc2n1)CCCC3. The number of aromatic nitrogens is 2. The molecule has 0 saturated carbocycles. The van der Waals surface area contributed by atoms with Crippen molar-refractivity contribution in [3.05, 3.63) is 16.3 Å². The summed E-state index contributed by atoms with van der Waals surface area (Å²) in [5.74, 6) is 2.88. The van der Waals surface area contributed by atoms with Gasteiger partial charge in [0.1, 0.15) is 16.5 Å². The van der Waals surface area contributed by atoms with E-state index >= 15 is 0 Å². The van der Waals surface area contributed by atoms with E-state index in [9.17, 15) is 0 Å². The van der Waals surface area contributed by atoms with Crippen LogP contribution in [0.15, 0.2) is 0 Å². The maximum Gasteiger partial charge on any atom is 0.141 e. The lowest BCUT2D eigenvalue weighted by Crippen LogP contribution is -2.38. The van der Waals surface area contributed by atoms with Crippen molar-refractivity contribution in [2.24, 2.45) is 5.92 Å². The molecule has 2 aliphatic heterocycles. The van der Waals surface area contributed by atoms with Crippen LogP contribution in [-0.4, -0.2) is 35.8 Å². The number of hydrogen-bond acceptors (Lipinski definition) is 5. The standard InChI is InChI=1S/C20H27N3OS/c1-13-21-19(18-15-5-2-3-7-17(15)25-20(18)22-13)23-10-8-14(9-11-23)16-6-4-12-24-16/h14,16H,2-12H2,1H3. The number of hydrogen-bond donors (Lipinski definition) is 0. The Morgan fingerprint density at radius 3 is 2.68 bits per heavy atom. The molecular weight excluding hydrogens is 330 g/mol. The molecule has 0 bridgehead atoms. The highest BCUT2D eigenvalue weighted by atomic mass is 32.1. The highest BCUT2D eigenvalue weighted by Crippen LogP contribution is 2.41. The number of fused-ring (bicyclic) bond motifs is 3. The van der Waals surface area contributed by atoms with Gasteiger partial charge in [0.15, 0.2) is 0 Å². The normalized spacial score (nSPS) is 24.8. The Morgan fingerprint density at radius 1 is 1.04 bits per heavy atom. The smallest absolute Gasteiger partial charge is 0.141 e. The van der Waals surface area contributed by atoms with Crippen LogP contribution in [0.25, 0.3) is 10.2 Å². The Labute approximate surface area is 153 Å². The van der Waals surface area contributed by atoms with Gasteiger partial charge in [0.2, 0.25) is 0 Å². The van der Waals surface area contributed by atoms with Crippen molar-refractivity contribution in [1.82, 2.24) is 9.97 Å². The Morgan fingerprint density at radius 2 is 1.88 bits per heavy atom. The zero-order valence-corrected chi connectivity index (χ0v) is 15.9. The van der Waals surface area contributed by atoms with Gasteiger partial charge < -0.3 is 9.64 Å². The largest absolute Gasteiger partial charge is 0.378 e. The average molecular weight is 358 g/mol. The third-order valence-electron chi connectivity index (χ3n) is 6.24. The quantitative estimate of drug-likeness (QED) is 0.804. The molecule has 0 amide bonds. The van der Waals surface area contributed by atoms with Crippen molar-refractivity contribution >= 4 is 27.4 Å². The second-order valence-electron chi connectivity index (χ2n) is 7.86. The first kappa shape index (κ1) is 16.0. The van der Waals surface area contributed by atoms with Crippen molar-refractivity contribution in [2.75, 3.05) is 24.6 Å². The molecule has 0 spiro atoms. The lowest BCUT2D eigenvalue weighted by molar-refractivity contribution is 0.0531. The molecular formula is C20H27N3OS. The molecule has 1 atom stereocenters. The van der Waals surface area contributed by atoms with E-state index in [-0.39, 0.29) is 0 Å². The molecule has 2 aromatic rings. The zero-order chi connectivity index (χ0) is 16.8. The van der Waals surface area contributed by atoms with E-state index in [1.807, 2.05) is 18.3 Å². The van der Waals surface area contributed by atoms with Gasteiger partial charge in [-0.2, -0.15) is 0 Å². The average Bonchev–Trinajstić information content (AvgIpc) is 3.28. The molecule has 5 rings (SSSR count). The summed E-state index contributed by atoms with van der Waals surface area (Å²) in [7, 11) is 0. The van der Waals surface area contributed by atoms with E-state index in [2.05, 4.69) is 4.90 Å². The fourth-order valence-corrected chi connectivity index (χ4v) is 6.23. The van der Waals surface area contributed by atoms with Crippen LogP contribution >= 0.6 is 11.3 Å². The van der Waals surface area contributed by atoms with Gasteiger partial charge in [0.25, 0.3) is 0 Å². The van der Waals surface area contributed by atoms with Crippen molar-refractivity contribution in [2.45, 2.75) is 64.4 Å². The number of ether oxygens (including phenoxy) is 1. The van der Waals surface area contributed by atoms with E-state index in [1.54, 1.807) is 10.4 Å². The lowest BCUT2D eigenvalue weighted by Gasteiger charge is -2.35. The van der Waals surface area contributed by atoms with Crippen LogP contribution in [0.4, 0.5) is 5.82 Å². The highest BCUT2D eigenvalue weighted by Gasteiger charge is 2.31. The van der Waals surface area contributed by atoms with Crippen LogP contribution in [0.1, 0.15) is 54.8 Å². The van der Waals surface area contributed by atoms with E-state index in [1.165, 1.54) is 67.4 Å². The van der Waals surface area contributed by atoms with Gasteiger partial charge in [-0.25, -0.2) is 9.97 Å². The Kier molecular flexibility index (Phi) is 4.17. The van der Waals surface area contributed by atoms with Crippen LogP contribution in [0, 0.1) is 12.8 Å². The van der Waals surface area contributed by atoms with Crippen LogP contribution in [0.2, 0.25) is 0 Å². The van der Waals surface area contributed by atoms with E-state index < -0.39 is 0 Å². The number of nitrogens with zero attached hydrogens (tertiary/aromatic N) is 3. The summed E-state index contributed by atoms with van der Waals surface area (Å²) >= 11 is 1.92. The molecule has 4 heterocycles. The molecule has 25 heavy (non-hydrogen) atoms. The van der Waals surface area contributed by atoms with E-state index in [0.717, 1.165) is 31.4 Å². The summed E-state index contributed by atoms with van der Waals surface area (Å²) in [5, 5.41) is 1.38. The van der Waals surface area contributed by atoms with Gasteiger partial charge in [-0.05, 0) is 69.8 Å². The molecule has 1 aliphatic carbocycles. The molecule has 0 aromatic carbocycles. The molecule has 2 fully saturated rings. The predicted molar refractivity (Wildman–Crippen MR) is 103 cm³/mol. The number of anilines is 1. The molecule has 0 radical (unpaired) electrons. The second-order valence-corrected chi connectivity index (χ2v) is 8.95. The first-order chi connectivity index (χ1) is 12.3. The van der Waals surface area contributed by atoms with Crippen molar-refractivity contribution in [1.29, 1.82) is 0 Å². The third kappa shape index (κ3) is 2.85. The van der Waals surface area contributed by atoms with Crippen LogP contribution in [-0.2, 0) is 17.6 Å². The van der Waals surface area contributed by atoms with Gasteiger partial charge in [0, 0.05) is 24.6 Å². The Balaban J connectivity index is 1.45. The minimum Gasteiger partial charge on any atom is -0.378 e. The maximum atomic E-state index is 5.94. The summed E-state index contributed by atoms with van der Waals surface area (Å²) in [6, 6.07) is 0. The van der Waals surface area contributed by atoms with E-state index in [4.69, 9.17) is 14.7 Å². The predicted octanol–water partition coefficient (Wildman–Crippen LogP) is 4.27. The fraction of sp³-hybridized carbons (Fsp3) is 0.700. The third-order valence-corrected chi connectivity index (χ3v) is 7.42. The van der Waals surface area contributed by atoms with Crippen LogP contribution in [0.3, 0.4) is 0 Å². The molecule has 134 valence electrons. The number of aryl methyl sites for hydroxylation is 3. The monoisotopic (exact) mass is 357 g/mol. The maximum absolute atomic E-state index is 5.94. The molecule has 1 unspecified atom stereocenters. The van der Waals surface area contributed by atoms with Crippen molar-refractivity contribution < 1.29 is 4.74 Å². The molecule has 2 saturated heterocycles. The molecule has 2 aromatic heterocycles.